The van der Waals surface area contributed by atoms with Crippen LogP contribution in [0.2, 0.25) is 0 Å². The number of amides is 2. The molecule has 0 spiro atoms. The van der Waals surface area contributed by atoms with Crippen LogP contribution in [0.15, 0.2) is 36.4 Å². The predicted octanol–water partition coefficient (Wildman–Crippen LogP) is 3.11. The molecule has 1 heterocycles. The summed E-state index contributed by atoms with van der Waals surface area (Å²) in [4.78, 5) is 28.2. The summed E-state index contributed by atoms with van der Waals surface area (Å²) in [6.45, 7) is 5.36. The van der Waals surface area contributed by atoms with Gasteiger partial charge >= 0.3 is 0 Å². The van der Waals surface area contributed by atoms with Gasteiger partial charge in [0, 0.05) is 26.2 Å². The van der Waals surface area contributed by atoms with Crippen LogP contribution in [0.5, 0.6) is 0 Å². The second kappa shape index (κ2) is 7.86. The molecule has 6 heteroatoms. The lowest BCUT2D eigenvalue weighted by Gasteiger charge is -2.35. The van der Waals surface area contributed by atoms with E-state index in [1.165, 1.54) is 4.90 Å². The largest absolute Gasteiger partial charge is 0.339 e. The lowest BCUT2D eigenvalue weighted by Crippen LogP contribution is -2.51. The molecule has 0 aliphatic carbocycles. The van der Waals surface area contributed by atoms with Gasteiger partial charge in [0.25, 0.3) is 5.91 Å². The normalized spacial score (nSPS) is 14.4. The second-order valence-corrected chi connectivity index (χ2v) is 6.90. The molecule has 4 nitrogen and oxygen atoms in total. The van der Waals surface area contributed by atoms with E-state index >= 15 is 0 Å². The van der Waals surface area contributed by atoms with E-state index in [9.17, 15) is 18.4 Å². The predicted molar refractivity (Wildman–Crippen MR) is 98.5 cm³/mol. The van der Waals surface area contributed by atoms with Crippen molar-refractivity contribution in [2.24, 2.45) is 0 Å². The van der Waals surface area contributed by atoms with Gasteiger partial charge in [-0.25, -0.2) is 8.78 Å². The smallest absolute Gasteiger partial charge is 0.257 e. The lowest BCUT2D eigenvalue weighted by molar-refractivity contribution is -0.131. The summed E-state index contributed by atoms with van der Waals surface area (Å²) >= 11 is 0. The van der Waals surface area contributed by atoms with Gasteiger partial charge in [0.15, 0.2) is 0 Å². The number of halogens is 2. The van der Waals surface area contributed by atoms with Gasteiger partial charge in [0.05, 0.1) is 12.0 Å². The van der Waals surface area contributed by atoms with Crippen molar-refractivity contribution < 1.29 is 18.4 Å². The molecule has 0 atom stereocenters. The van der Waals surface area contributed by atoms with E-state index in [1.807, 2.05) is 32.0 Å². The van der Waals surface area contributed by atoms with Crippen molar-refractivity contribution in [3.8, 4) is 0 Å². The molecule has 0 bridgehead atoms. The number of hydrogen-bond donors (Lipinski definition) is 0. The minimum absolute atomic E-state index is 0.00554. The Morgan fingerprint density at radius 2 is 1.59 bits per heavy atom. The molecule has 27 heavy (non-hydrogen) atoms. The molecule has 142 valence electrons. The van der Waals surface area contributed by atoms with Crippen LogP contribution in [0.3, 0.4) is 0 Å². The fourth-order valence-electron chi connectivity index (χ4n) is 3.31. The third-order valence-corrected chi connectivity index (χ3v) is 4.92. The Balaban J connectivity index is 1.60. The average Bonchev–Trinajstić information content (AvgIpc) is 2.65. The van der Waals surface area contributed by atoms with E-state index in [0.717, 1.165) is 34.9 Å². The summed E-state index contributed by atoms with van der Waals surface area (Å²) in [5, 5.41) is 0. The first kappa shape index (κ1) is 19.0. The van der Waals surface area contributed by atoms with Crippen molar-refractivity contribution in [3.05, 3.63) is 70.3 Å². The third-order valence-electron chi connectivity index (χ3n) is 4.92. The molecule has 1 aliphatic rings. The summed E-state index contributed by atoms with van der Waals surface area (Å²) in [5.41, 5.74) is 2.95. The quantitative estimate of drug-likeness (QED) is 0.831. The van der Waals surface area contributed by atoms with E-state index in [1.54, 1.807) is 4.90 Å². The van der Waals surface area contributed by atoms with Crippen molar-refractivity contribution in [3.63, 3.8) is 0 Å². The van der Waals surface area contributed by atoms with Gasteiger partial charge in [-0.2, -0.15) is 0 Å². The Labute approximate surface area is 157 Å². The van der Waals surface area contributed by atoms with Gasteiger partial charge < -0.3 is 9.80 Å². The molecule has 3 rings (SSSR count). The molecular formula is C21H22F2N2O2. The monoisotopic (exact) mass is 372 g/mol. The van der Waals surface area contributed by atoms with Crippen molar-refractivity contribution >= 4 is 11.8 Å². The molecular weight excluding hydrogens is 350 g/mol. The molecule has 2 aromatic rings. The maximum Gasteiger partial charge on any atom is 0.257 e. The summed E-state index contributed by atoms with van der Waals surface area (Å²) in [5.74, 6) is -1.93. The summed E-state index contributed by atoms with van der Waals surface area (Å²) in [6.07, 6.45) is 0.318. The van der Waals surface area contributed by atoms with Crippen molar-refractivity contribution in [1.29, 1.82) is 0 Å². The van der Waals surface area contributed by atoms with Crippen LogP contribution < -0.4 is 0 Å². The van der Waals surface area contributed by atoms with Gasteiger partial charge in [-0.3, -0.25) is 9.59 Å². The van der Waals surface area contributed by atoms with Crippen LogP contribution in [-0.4, -0.2) is 47.8 Å². The zero-order valence-corrected chi connectivity index (χ0v) is 15.5. The van der Waals surface area contributed by atoms with Crippen LogP contribution in [0.25, 0.3) is 0 Å². The Morgan fingerprint density at radius 1 is 0.926 bits per heavy atom. The van der Waals surface area contributed by atoms with Crippen molar-refractivity contribution in [1.82, 2.24) is 9.80 Å². The molecule has 0 radical (unpaired) electrons. The zero-order chi connectivity index (χ0) is 19.6. The molecule has 0 saturated carbocycles. The van der Waals surface area contributed by atoms with E-state index in [2.05, 4.69) is 0 Å². The van der Waals surface area contributed by atoms with Gasteiger partial charge in [0.1, 0.15) is 11.6 Å². The second-order valence-electron chi connectivity index (χ2n) is 6.90. The Morgan fingerprint density at radius 3 is 2.26 bits per heavy atom. The highest BCUT2D eigenvalue weighted by Gasteiger charge is 2.26. The SMILES string of the molecule is Cc1ccc(CC(=O)N2CCN(C(=O)c3cc(F)ccc3F)CC2)c(C)c1. The molecule has 1 fully saturated rings. The maximum absolute atomic E-state index is 13.8. The minimum Gasteiger partial charge on any atom is -0.339 e. The Hall–Kier alpha value is -2.76. The average molecular weight is 372 g/mol. The number of aryl methyl sites for hydroxylation is 2. The van der Waals surface area contributed by atoms with Crippen LogP contribution in [0, 0.1) is 25.5 Å². The van der Waals surface area contributed by atoms with Crippen molar-refractivity contribution in [2.75, 3.05) is 26.2 Å². The molecule has 2 amide bonds. The van der Waals surface area contributed by atoms with Crippen LogP contribution in [0.1, 0.15) is 27.0 Å². The molecule has 1 aliphatic heterocycles. The fraction of sp³-hybridized carbons (Fsp3) is 0.333. The number of benzene rings is 2. The highest BCUT2D eigenvalue weighted by Crippen LogP contribution is 2.16. The maximum atomic E-state index is 13.8. The van der Waals surface area contributed by atoms with Gasteiger partial charge in [-0.15, -0.1) is 0 Å². The number of rotatable bonds is 3. The van der Waals surface area contributed by atoms with Crippen LogP contribution in [-0.2, 0) is 11.2 Å². The number of piperazine rings is 1. The molecule has 1 saturated heterocycles. The summed E-state index contributed by atoms with van der Waals surface area (Å²) < 4.78 is 27.1. The number of hydrogen-bond acceptors (Lipinski definition) is 2. The first-order chi connectivity index (χ1) is 12.8. The van der Waals surface area contributed by atoms with E-state index < -0.39 is 17.5 Å². The van der Waals surface area contributed by atoms with Gasteiger partial charge in [-0.05, 0) is 43.2 Å². The summed E-state index contributed by atoms with van der Waals surface area (Å²) in [6, 6.07) is 8.85. The Bertz CT molecular complexity index is 874. The third kappa shape index (κ3) is 4.32. The standard InChI is InChI=1S/C21H22F2N2O2/c1-14-3-4-16(15(2)11-14)12-20(26)24-7-9-25(10-8-24)21(27)18-13-17(22)5-6-19(18)23/h3-6,11,13H,7-10,12H2,1-2H3. The number of carbonyl (C=O) groups excluding carboxylic acids is 2. The minimum atomic E-state index is -0.741. The Kier molecular flexibility index (Phi) is 5.54. The van der Waals surface area contributed by atoms with E-state index in [0.29, 0.717) is 32.6 Å². The highest BCUT2D eigenvalue weighted by atomic mass is 19.1. The van der Waals surface area contributed by atoms with E-state index in [-0.39, 0.29) is 11.5 Å². The van der Waals surface area contributed by atoms with Gasteiger partial charge in [-0.1, -0.05) is 23.8 Å². The lowest BCUT2D eigenvalue weighted by atomic mass is 10.0. The highest BCUT2D eigenvalue weighted by molar-refractivity contribution is 5.94. The number of carbonyl (C=O) groups is 2. The molecule has 2 aromatic carbocycles. The topological polar surface area (TPSA) is 40.6 Å². The summed E-state index contributed by atoms with van der Waals surface area (Å²) in [7, 11) is 0. The van der Waals surface area contributed by atoms with Crippen LogP contribution in [0.4, 0.5) is 8.78 Å². The zero-order valence-electron chi connectivity index (χ0n) is 15.5. The number of nitrogens with zero attached hydrogens (tertiary/aromatic N) is 2. The van der Waals surface area contributed by atoms with Crippen molar-refractivity contribution in [2.45, 2.75) is 20.3 Å². The van der Waals surface area contributed by atoms with Crippen LogP contribution >= 0.6 is 0 Å². The molecule has 0 N–H and O–H groups in total. The molecule has 0 unspecified atom stereocenters. The van der Waals surface area contributed by atoms with E-state index in [4.69, 9.17) is 0 Å². The fourth-order valence-corrected chi connectivity index (χ4v) is 3.31. The first-order valence-electron chi connectivity index (χ1n) is 8.93. The van der Waals surface area contributed by atoms with Gasteiger partial charge in [0.2, 0.25) is 5.91 Å². The molecule has 0 aromatic heterocycles. The first-order valence-corrected chi connectivity index (χ1v) is 8.93.